The van der Waals surface area contributed by atoms with Gasteiger partial charge in [-0.1, -0.05) is 11.6 Å². The van der Waals surface area contributed by atoms with Crippen LogP contribution in [0.5, 0.6) is 0 Å². The van der Waals surface area contributed by atoms with Gasteiger partial charge < -0.3 is 5.43 Å². The number of benzene rings is 1. The molecule has 0 unspecified atom stereocenters. The van der Waals surface area contributed by atoms with E-state index in [1.165, 1.54) is 12.3 Å². The minimum atomic E-state index is -4.22. The topological polar surface area (TPSA) is 97.1 Å². The van der Waals surface area contributed by atoms with E-state index in [1.54, 1.807) is 0 Å². The molecule has 0 atom stereocenters. The summed E-state index contributed by atoms with van der Waals surface area (Å²) in [5.74, 6) is 3.13. The lowest BCUT2D eigenvalue weighted by molar-refractivity contribution is 0.583. The SMILES string of the molecule is NNc1ccncc1S(=O)(=O)Nc1c(F)cc(F)cc1Cl. The maximum atomic E-state index is 13.6. The highest BCUT2D eigenvalue weighted by Crippen LogP contribution is 2.30. The van der Waals surface area contributed by atoms with Crippen LogP contribution in [0.25, 0.3) is 0 Å². The number of sulfonamides is 1. The number of pyridine rings is 1. The summed E-state index contributed by atoms with van der Waals surface area (Å²) in [4.78, 5) is 3.35. The van der Waals surface area contributed by atoms with Crippen LogP contribution in [0.4, 0.5) is 20.2 Å². The molecule has 0 radical (unpaired) electrons. The minimum absolute atomic E-state index is 0.0520. The van der Waals surface area contributed by atoms with Crippen LogP contribution in [-0.4, -0.2) is 13.4 Å². The van der Waals surface area contributed by atoms with Crippen molar-refractivity contribution in [2.75, 3.05) is 10.1 Å². The molecule has 0 amide bonds. The Labute approximate surface area is 124 Å². The Hall–Kier alpha value is -1.97. The molecule has 2 rings (SSSR count). The number of aromatic nitrogens is 1. The van der Waals surface area contributed by atoms with Crippen molar-refractivity contribution in [2.45, 2.75) is 4.90 Å². The number of nitrogens with two attached hydrogens (primary N) is 1. The molecule has 10 heteroatoms. The lowest BCUT2D eigenvalue weighted by Gasteiger charge is -2.13. The van der Waals surface area contributed by atoms with E-state index in [1.807, 2.05) is 4.72 Å². The van der Waals surface area contributed by atoms with Gasteiger partial charge in [0.1, 0.15) is 16.4 Å². The van der Waals surface area contributed by atoms with Crippen LogP contribution in [0.15, 0.2) is 35.5 Å². The molecule has 112 valence electrons. The third-order valence-electron chi connectivity index (χ3n) is 2.47. The monoisotopic (exact) mass is 334 g/mol. The van der Waals surface area contributed by atoms with Gasteiger partial charge >= 0.3 is 0 Å². The highest BCUT2D eigenvalue weighted by molar-refractivity contribution is 7.92. The molecular formula is C11H9ClF2N4O2S. The van der Waals surface area contributed by atoms with Crippen molar-refractivity contribution < 1.29 is 17.2 Å². The highest BCUT2D eigenvalue weighted by Gasteiger charge is 2.22. The van der Waals surface area contributed by atoms with Gasteiger partial charge in [-0.05, 0) is 12.1 Å². The smallest absolute Gasteiger partial charge is 0.265 e. The van der Waals surface area contributed by atoms with Crippen LogP contribution >= 0.6 is 11.6 Å². The third kappa shape index (κ3) is 3.20. The number of halogens is 3. The van der Waals surface area contributed by atoms with Crippen molar-refractivity contribution in [1.29, 1.82) is 0 Å². The van der Waals surface area contributed by atoms with Gasteiger partial charge in [-0.25, -0.2) is 17.2 Å². The molecule has 6 nitrogen and oxygen atoms in total. The first-order valence-electron chi connectivity index (χ1n) is 5.43. The first-order valence-corrected chi connectivity index (χ1v) is 7.29. The van der Waals surface area contributed by atoms with Crippen LogP contribution in [0, 0.1) is 11.6 Å². The number of nitrogens with zero attached hydrogens (tertiary/aromatic N) is 1. The quantitative estimate of drug-likeness (QED) is 0.587. The van der Waals surface area contributed by atoms with E-state index in [2.05, 4.69) is 10.4 Å². The molecule has 1 aromatic carbocycles. The van der Waals surface area contributed by atoms with Crippen LogP contribution < -0.4 is 16.0 Å². The van der Waals surface area contributed by atoms with Gasteiger partial charge in [0.25, 0.3) is 10.0 Å². The van der Waals surface area contributed by atoms with Crippen LogP contribution in [-0.2, 0) is 10.0 Å². The van der Waals surface area contributed by atoms with E-state index in [9.17, 15) is 17.2 Å². The van der Waals surface area contributed by atoms with Gasteiger partial charge in [-0.15, -0.1) is 0 Å². The number of nitrogens with one attached hydrogen (secondary N) is 2. The molecule has 1 heterocycles. The number of nitrogen functional groups attached to an aromatic ring is 1. The van der Waals surface area contributed by atoms with E-state index in [-0.39, 0.29) is 10.6 Å². The molecular weight excluding hydrogens is 326 g/mol. The summed E-state index contributed by atoms with van der Waals surface area (Å²) >= 11 is 5.64. The molecule has 0 bridgehead atoms. The number of hydrogen-bond acceptors (Lipinski definition) is 5. The van der Waals surface area contributed by atoms with Crippen molar-refractivity contribution in [1.82, 2.24) is 4.98 Å². The third-order valence-corrected chi connectivity index (χ3v) is 4.15. The van der Waals surface area contributed by atoms with Crippen LogP contribution in [0.3, 0.4) is 0 Å². The summed E-state index contributed by atoms with van der Waals surface area (Å²) in [5, 5.41) is -0.415. The van der Waals surface area contributed by atoms with Crippen molar-refractivity contribution >= 4 is 33.0 Å². The standard InChI is InChI=1S/C11H9ClF2N4O2S/c12-7-3-6(13)4-8(14)11(7)18-21(19,20)10-5-16-2-1-9(10)17-15/h1-5,18H,15H2,(H,16,17). The second-order valence-corrected chi connectivity index (χ2v) is 5.92. The Morgan fingerprint density at radius 1 is 1.29 bits per heavy atom. The Balaban J connectivity index is 2.48. The van der Waals surface area contributed by atoms with Gasteiger partial charge in [0, 0.05) is 18.5 Å². The summed E-state index contributed by atoms with van der Waals surface area (Å²) in [7, 11) is -4.22. The van der Waals surface area contributed by atoms with E-state index < -0.39 is 32.4 Å². The zero-order valence-electron chi connectivity index (χ0n) is 10.3. The minimum Gasteiger partial charge on any atom is -0.323 e. The van der Waals surface area contributed by atoms with Gasteiger partial charge in [0.15, 0.2) is 5.82 Å². The van der Waals surface area contributed by atoms with E-state index in [4.69, 9.17) is 17.4 Å². The molecule has 0 aliphatic rings. The first kappa shape index (κ1) is 15.4. The number of anilines is 2. The Kier molecular flexibility index (Phi) is 4.26. The Morgan fingerprint density at radius 2 is 2.00 bits per heavy atom. The Morgan fingerprint density at radius 3 is 2.62 bits per heavy atom. The van der Waals surface area contributed by atoms with Gasteiger partial charge in [-0.2, -0.15) is 0 Å². The van der Waals surface area contributed by atoms with E-state index in [0.717, 1.165) is 12.3 Å². The molecule has 0 saturated heterocycles. The van der Waals surface area contributed by atoms with Crippen molar-refractivity contribution in [2.24, 2.45) is 5.84 Å². The second kappa shape index (κ2) is 5.80. The number of hydrazine groups is 1. The van der Waals surface area contributed by atoms with Crippen molar-refractivity contribution in [3.05, 3.63) is 47.2 Å². The summed E-state index contributed by atoms with van der Waals surface area (Å²) < 4.78 is 52.9. The number of hydrogen-bond donors (Lipinski definition) is 3. The predicted octanol–water partition coefficient (Wildman–Crippen LogP) is 2.10. The molecule has 0 aliphatic carbocycles. The fourth-order valence-electron chi connectivity index (χ4n) is 1.54. The van der Waals surface area contributed by atoms with E-state index in [0.29, 0.717) is 6.07 Å². The number of rotatable bonds is 4. The molecule has 2 aromatic rings. The van der Waals surface area contributed by atoms with Gasteiger partial charge in [0.05, 0.1) is 10.7 Å². The predicted molar refractivity (Wildman–Crippen MR) is 74.2 cm³/mol. The fourth-order valence-corrected chi connectivity index (χ4v) is 3.04. The largest absolute Gasteiger partial charge is 0.323 e. The molecule has 21 heavy (non-hydrogen) atoms. The zero-order chi connectivity index (χ0) is 15.6. The lowest BCUT2D eigenvalue weighted by Crippen LogP contribution is -2.18. The van der Waals surface area contributed by atoms with Crippen molar-refractivity contribution in [3.63, 3.8) is 0 Å². The molecule has 4 N–H and O–H groups in total. The molecule has 0 aliphatic heterocycles. The Bertz CT molecular complexity index is 763. The maximum absolute atomic E-state index is 13.6. The maximum Gasteiger partial charge on any atom is 0.265 e. The highest BCUT2D eigenvalue weighted by atomic mass is 35.5. The molecule has 0 spiro atoms. The second-order valence-electron chi connectivity index (χ2n) is 3.87. The first-order chi connectivity index (χ1) is 9.85. The summed E-state index contributed by atoms with van der Waals surface area (Å²) in [5.41, 5.74) is 1.67. The average molecular weight is 335 g/mol. The molecule has 0 fully saturated rings. The zero-order valence-corrected chi connectivity index (χ0v) is 11.8. The van der Waals surface area contributed by atoms with Gasteiger partial charge in [-0.3, -0.25) is 15.5 Å². The van der Waals surface area contributed by atoms with Gasteiger partial charge in [0.2, 0.25) is 0 Å². The average Bonchev–Trinajstić information content (AvgIpc) is 2.43. The lowest BCUT2D eigenvalue weighted by atomic mass is 10.3. The fraction of sp³-hybridized carbons (Fsp3) is 0. The normalized spacial score (nSPS) is 11.2. The van der Waals surface area contributed by atoms with E-state index >= 15 is 0 Å². The summed E-state index contributed by atoms with van der Waals surface area (Å²) in [6.45, 7) is 0. The molecule has 1 aromatic heterocycles. The van der Waals surface area contributed by atoms with Crippen LogP contribution in [0.1, 0.15) is 0 Å². The van der Waals surface area contributed by atoms with Crippen LogP contribution in [0.2, 0.25) is 5.02 Å². The summed E-state index contributed by atoms with van der Waals surface area (Å²) in [6, 6.07) is 2.61. The summed E-state index contributed by atoms with van der Waals surface area (Å²) in [6.07, 6.45) is 2.34. The van der Waals surface area contributed by atoms with Crippen molar-refractivity contribution in [3.8, 4) is 0 Å². The molecule has 0 saturated carbocycles.